The van der Waals surface area contributed by atoms with Crippen LogP contribution in [-0.2, 0) is 9.53 Å². The first-order chi connectivity index (χ1) is 8.04. The summed E-state index contributed by atoms with van der Waals surface area (Å²) >= 11 is 4.89. The van der Waals surface area contributed by atoms with E-state index in [1.807, 2.05) is 19.1 Å². The van der Waals surface area contributed by atoms with Crippen molar-refractivity contribution >= 4 is 23.2 Å². The van der Waals surface area contributed by atoms with Crippen LogP contribution in [-0.4, -0.2) is 24.7 Å². The molecule has 92 valence electrons. The fourth-order valence-corrected chi connectivity index (χ4v) is 1.38. The smallest absolute Gasteiger partial charge is 0.308 e. The van der Waals surface area contributed by atoms with Crippen molar-refractivity contribution in [1.82, 2.24) is 0 Å². The molecule has 0 heterocycles. The molecule has 1 aromatic carbocycles. The van der Waals surface area contributed by atoms with Gasteiger partial charge in [0.15, 0.2) is 0 Å². The van der Waals surface area contributed by atoms with Crippen LogP contribution in [0.25, 0.3) is 0 Å². The molecule has 0 spiro atoms. The first kappa shape index (κ1) is 13.4. The van der Waals surface area contributed by atoms with E-state index in [1.54, 1.807) is 6.07 Å². The number of thiocarbonyl (C=S) groups is 1. The highest BCUT2D eigenvalue weighted by Crippen LogP contribution is 2.19. The Labute approximate surface area is 106 Å². The van der Waals surface area contributed by atoms with E-state index < -0.39 is 0 Å². The van der Waals surface area contributed by atoms with E-state index in [2.05, 4.69) is 4.74 Å². The van der Waals surface area contributed by atoms with Crippen molar-refractivity contribution < 1.29 is 14.3 Å². The number of carbonyl (C=O) groups is 1. The van der Waals surface area contributed by atoms with Crippen molar-refractivity contribution in [3.05, 3.63) is 29.3 Å². The van der Waals surface area contributed by atoms with Crippen LogP contribution < -0.4 is 10.5 Å². The molecule has 0 saturated carbocycles. The Morgan fingerprint density at radius 3 is 2.76 bits per heavy atom. The van der Waals surface area contributed by atoms with Gasteiger partial charge in [0.25, 0.3) is 0 Å². The highest BCUT2D eigenvalue weighted by atomic mass is 32.1. The second-order valence-corrected chi connectivity index (χ2v) is 3.96. The molecule has 0 aromatic heterocycles. The standard InChI is InChI=1S/C12H15NO3S/c1-8-3-4-9(12(13)17)7-10(8)16-6-5-11(14)15-2/h3-4,7H,5-6H2,1-2H3,(H2,13,17). The summed E-state index contributed by atoms with van der Waals surface area (Å²) in [7, 11) is 1.35. The van der Waals surface area contributed by atoms with Crippen LogP contribution in [0.4, 0.5) is 0 Å². The summed E-state index contributed by atoms with van der Waals surface area (Å²) in [6, 6.07) is 5.49. The number of esters is 1. The molecule has 2 N–H and O–H groups in total. The number of hydrogen-bond donors (Lipinski definition) is 1. The molecule has 0 unspecified atom stereocenters. The van der Waals surface area contributed by atoms with Gasteiger partial charge in [0.1, 0.15) is 10.7 Å². The number of benzene rings is 1. The molecule has 0 amide bonds. The molecule has 0 saturated heterocycles. The first-order valence-corrected chi connectivity index (χ1v) is 5.55. The summed E-state index contributed by atoms with van der Waals surface area (Å²) in [6.45, 7) is 2.19. The average molecular weight is 253 g/mol. The summed E-state index contributed by atoms with van der Waals surface area (Å²) in [5.41, 5.74) is 7.25. The minimum atomic E-state index is -0.298. The lowest BCUT2D eigenvalue weighted by Gasteiger charge is -2.10. The Bertz CT molecular complexity index is 432. The van der Waals surface area contributed by atoms with Gasteiger partial charge in [0.2, 0.25) is 0 Å². The fraction of sp³-hybridized carbons (Fsp3) is 0.333. The van der Waals surface area contributed by atoms with Crippen molar-refractivity contribution in [1.29, 1.82) is 0 Å². The van der Waals surface area contributed by atoms with E-state index in [1.165, 1.54) is 7.11 Å². The van der Waals surface area contributed by atoms with Gasteiger partial charge in [-0.05, 0) is 18.6 Å². The van der Waals surface area contributed by atoms with Crippen molar-refractivity contribution in [2.45, 2.75) is 13.3 Å². The topological polar surface area (TPSA) is 61.5 Å². The van der Waals surface area contributed by atoms with E-state index in [9.17, 15) is 4.79 Å². The molecule has 1 aromatic rings. The highest BCUT2D eigenvalue weighted by Gasteiger charge is 2.05. The third-order valence-electron chi connectivity index (χ3n) is 2.26. The maximum Gasteiger partial charge on any atom is 0.308 e. The number of aryl methyl sites for hydroxylation is 1. The number of carbonyl (C=O) groups excluding carboxylic acids is 1. The van der Waals surface area contributed by atoms with Crippen LogP contribution in [0.1, 0.15) is 17.5 Å². The highest BCUT2D eigenvalue weighted by molar-refractivity contribution is 7.80. The lowest BCUT2D eigenvalue weighted by molar-refractivity contribution is -0.141. The van der Waals surface area contributed by atoms with Gasteiger partial charge in [0.05, 0.1) is 20.1 Å². The third kappa shape index (κ3) is 4.03. The van der Waals surface area contributed by atoms with Crippen molar-refractivity contribution in [2.75, 3.05) is 13.7 Å². The lowest BCUT2D eigenvalue weighted by Crippen LogP contribution is -2.11. The van der Waals surface area contributed by atoms with Crippen LogP contribution in [0.15, 0.2) is 18.2 Å². The van der Waals surface area contributed by atoms with Gasteiger partial charge < -0.3 is 15.2 Å². The van der Waals surface area contributed by atoms with E-state index in [4.69, 9.17) is 22.7 Å². The molecule has 1 rings (SSSR count). The number of methoxy groups -OCH3 is 1. The molecule has 4 nitrogen and oxygen atoms in total. The van der Waals surface area contributed by atoms with Crippen LogP contribution >= 0.6 is 12.2 Å². The zero-order valence-corrected chi connectivity index (χ0v) is 10.7. The van der Waals surface area contributed by atoms with E-state index in [0.29, 0.717) is 10.7 Å². The third-order valence-corrected chi connectivity index (χ3v) is 2.50. The predicted molar refractivity (Wildman–Crippen MR) is 69.2 cm³/mol. The van der Waals surface area contributed by atoms with Gasteiger partial charge in [-0.3, -0.25) is 4.79 Å². The first-order valence-electron chi connectivity index (χ1n) is 5.14. The Balaban J connectivity index is 2.66. The molecule has 0 atom stereocenters. The van der Waals surface area contributed by atoms with Gasteiger partial charge >= 0.3 is 5.97 Å². The molecule has 0 fully saturated rings. The summed E-state index contributed by atoms with van der Waals surface area (Å²) in [4.78, 5) is 11.2. The van der Waals surface area contributed by atoms with Gasteiger partial charge in [-0.2, -0.15) is 0 Å². The predicted octanol–water partition coefficient (Wildman–Crippen LogP) is 1.57. The summed E-state index contributed by atoms with van der Waals surface area (Å²) < 4.78 is 10.0. The molecule has 5 heteroatoms. The monoisotopic (exact) mass is 253 g/mol. The van der Waals surface area contributed by atoms with Gasteiger partial charge in [-0.1, -0.05) is 24.4 Å². The van der Waals surface area contributed by atoms with E-state index in [0.717, 1.165) is 11.1 Å². The summed E-state index contributed by atoms with van der Waals surface area (Å²) in [5.74, 6) is 0.382. The second kappa shape index (κ2) is 6.20. The summed E-state index contributed by atoms with van der Waals surface area (Å²) in [6.07, 6.45) is 0.216. The van der Waals surface area contributed by atoms with Crippen LogP contribution in [0.5, 0.6) is 5.75 Å². The molecule has 17 heavy (non-hydrogen) atoms. The largest absolute Gasteiger partial charge is 0.493 e. The zero-order valence-electron chi connectivity index (χ0n) is 9.86. The van der Waals surface area contributed by atoms with Crippen LogP contribution in [0, 0.1) is 6.92 Å². The minimum absolute atomic E-state index is 0.216. The van der Waals surface area contributed by atoms with Crippen molar-refractivity contribution in [3.8, 4) is 5.75 Å². The number of ether oxygens (including phenoxy) is 2. The molecule has 0 radical (unpaired) electrons. The Hall–Kier alpha value is -1.62. The average Bonchev–Trinajstić information content (AvgIpc) is 2.30. The zero-order chi connectivity index (χ0) is 12.8. The summed E-state index contributed by atoms with van der Waals surface area (Å²) in [5, 5.41) is 0. The van der Waals surface area contributed by atoms with E-state index >= 15 is 0 Å². The maximum atomic E-state index is 10.9. The maximum absolute atomic E-state index is 10.9. The number of hydrogen-bond acceptors (Lipinski definition) is 4. The molecule has 0 bridgehead atoms. The lowest BCUT2D eigenvalue weighted by atomic mass is 10.1. The van der Waals surface area contributed by atoms with E-state index in [-0.39, 0.29) is 19.0 Å². The van der Waals surface area contributed by atoms with Crippen LogP contribution in [0.3, 0.4) is 0 Å². The SMILES string of the molecule is COC(=O)CCOc1cc(C(N)=S)ccc1C. The molecule has 0 aliphatic heterocycles. The normalized spacial score (nSPS) is 9.76. The Morgan fingerprint density at radius 1 is 1.47 bits per heavy atom. The quantitative estimate of drug-likeness (QED) is 0.637. The minimum Gasteiger partial charge on any atom is -0.493 e. The fourth-order valence-electron chi connectivity index (χ4n) is 1.26. The van der Waals surface area contributed by atoms with Gasteiger partial charge in [-0.25, -0.2) is 0 Å². The molecular weight excluding hydrogens is 238 g/mol. The molecule has 0 aliphatic rings. The Kier molecular flexibility index (Phi) is 4.90. The molecular formula is C12H15NO3S. The Morgan fingerprint density at radius 2 is 2.18 bits per heavy atom. The van der Waals surface area contributed by atoms with Gasteiger partial charge in [0, 0.05) is 5.56 Å². The second-order valence-electron chi connectivity index (χ2n) is 3.52. The van der Waals surface area contributed by atoms with Gasteiger partial charge in [-0.15, -0.1) is 0 Å². The van der Waals surface area contributed by atoms with Crippen LogP contribution in [0.2, 0.25) is 0 Å². The number of rotatable bonds is 5. The van der Waals surface area contributed by atoms with Crippen molar-refractivity contribution in [2.24, 2.45) is 5.73 Å². The number of nitrogens with two attached hydrogens (primary N) is 1. The molecule has 0 aliphatic carbocycles. The van der Waals surface area contributed by atoms with Crippen molar-refractivity contribution in [3.63, 3.8) is 0 Å².